The van der Waals surface area contributed by atoms with Gasteiger partial charge in [-0.1, -0.05) is 24.3 Å². The van der Waals surface area contributed by atoms with Gasteiger partial charge in [0.15, 0.2) is 0 Å². The summed E-state index contributed by atoms with van der Waals surface area (Å²) >= 11 is 0. The number of rotatable bonds is 9. The van der Waals surface area contributed by atoms with Gasteiger partial charge in [-0.3, -0.25) is 4.79 Å². The van der Waals surface area contributed by atoms with Crippen molar-refractivity contribution in [3.05, 3.63) is 35.4 Å². The van der Waals surface area contributed by atoms with E-state index >= 15 is 0 Å². The number of aryl methyl sites for hydroxylation is 1. The Morgan fingerprint density at radius 3 is 2.24 bits per heavy atom. The number of ether oxygens (including phenoxy) is 1. The lowest BCUT2D eigenvalue weighted by atomic mass is 9.98. The molecule has 0 bridgehead atoms. The van der Waals surface area contributed by atoms with E-state index in [2.05, 4.69) is 4.74 Å². The summed E-state index contributed by atoms with van der Waals surface area (Å²) in [6.07, 6.45) is -5.47. The first kappa shape index (κ1) is 21.3. The van der Waals surface area contributed by atoms with Gasteiger partial charge in [0.1, 0.15) is 0 Å². The van der Waals surface area contributed by atoms with E-state index in [0.717, 1.165) is 5.56 Å². The van der Waals surface area contributed by atoms with Gasteiger partial charge in [0.2, 0.25) is 0 Å². The molecule has 0 aliphatic heterocycles. The minimum Gasteiger partial charge on any atom is -0.469 e. The number of nitrogens with two attached hydrogens (primary N) is 1. The van der Waals surface area contributed by atoms with Crippen molar-refractivity contribution in [2.75, 3.05) is 7.11 Å². The molecule has 8 heteroatoms. The Balaban J connectivity index is 2.44. The second-order valence-electron chi connectivity index (χ2n) is 5.87. The Hall–Kier alpha value is -1.70. The van der Waals surface area contributed by atoms with Gasteiger partial charge in [0, 0.05) is 18.9 Å². The zero-order chi connectivity index (χ0) is 19.1. The molecule has 0 saturated carbocycles. The number of alkyl halides is 5. The molecular formula is C17H22F5NO2. The Kier molecular flexibility index (Phi) is 7.79. The highest BCUT2D eigenvalue weighted by atomic mass is 19.4. The molecule has 1 aromatic rings. The van der Waals surface area contributed by atoms with Crippen LogP contribution in [0.1, 0.15) is 49.3 Å². The summed E-state index contributed by atoms with van der Waals surface area (Å²) in [6.45, 7) is 0. The average molecular weight is 367 g/mol. The fraction of sp³-hybridized carbons (Fsp3) is 0.588. The summed E-state index contributed by atoms with van der Waals surface area (Å²) in [5, 5.41) is 0. The van der Waals surface area contributed by atoms with Crippen LogP contribution in [0, 0.1) is 0 Å². The van der Waals surface area contributed by atoms with Crippen molar-refractivity contribution < 1.29 is 31.5 Å². The number of esters is 1. The largest absolute Gasteiger partial charge is 0.469 e. The summed E-state index contributed by atoms with van der Waals surface area (Å²) in [4.78, 5) is 11.0. The Labute approximate surface area is 143 Å². The minimum atomic E-state index is -5.52. The third-order valence-corrected chi connectivity index (χ3v) is 3.90. The van der Waals surface area contributed by atoms with E-state index in [9.17, 15) is 26.7 Å². The second kappa shape index (κ2) is 9.12. The molecule has 25 heavy (non-hydrogen) atoms. The van der Waals surface area contributed by atoms with Crippen LogP contribution in [0.2, 0.25) is 0 Å². The van der Waals surface area contributed by atoms with Crippen LogP contribution in [0.5, 0.6) is 0 Å². The molecule has 2 N–H and O–H groups in total. The van der Waals surface area contributed by atoms with Crippen LogP contribution >= 0.6 is 0 Å². The summed E-state index contributed by atoms with van der Waals surface area (Å²) in [5.41, 5.74) is 7.50. The third-order valence-electron chi connectivity index (χ3n) is 3.90. The van der Waals surface area contributed by atoms with Crippen molar-refractivity contribution in [3.63, 3.8) is 0 Å². The molecular weight excluding hydrogens is 345 g/mol. The van der Waals surface area contributed by atoms with Crippen LogP contribution in [0.4, 0.5) is 22.0 Å². The highest BCUT2D eigenvalue weighted by Crippen LogP contribution is 2.39. The van der Waals surface area contributed by atoms with E-state index in [1.54, 1.807) is 24.3 Å². The summed E-state index contributed by atoms with van der Waals surface area (Å²) < 4.78 is 66.5. The van der Waals surface area contributed by atoms with Crippen LogP contribution in [0.15, 0.2) is 24.3 Å². The maximum atomic E-state index is 12.8. The highest BCUT2D eigenvalue weighted by Gasteiger charge is 2.56. The number of hydrogen-bond donors (Lipinski definition) is 1. The van der Waals surface area contributed by atoms with E-state index in [1.165, 1.54) is 7.11 Å². The fourth-order valence-electron chi connectivity index (χ4n) is 2.32. The van der Waals surface area contributed by atoms with Gasteiger partial charge in [0.25, 0.3) is 0 Å². The van der Waals surface area contributed by atoms with E-state index in [1.807, 2.05) is 0 Å². The molecule has 0 aromatic heterocycles. The number of carbonyl (C=O) groups excluding carboxylic acids is 1. The van der Waals surface area contributed by atoms with E-state index < -0.39 is 24.6 Å². The third kappa shape index (κ3) is 6.97. The van der Waals surface area contributed by atoms with Crippen LogP contribution in [-0.2, 0) is 16.0 Å². The Morgan fingerprint density at radius 2 is 1.72 bits per heavy atom. The standard InChI is InChI=1S/C17H22F5NO2/c1-25-15(24)6-2-4-12-7-9-13(10-8-12)14(23)5-3-11-16(18,19)17(20,21)22/h7-10,14H,2-6,11,23H2,1H3/t14-/m1/s1. The number of halogens is 5. The van der Waals surface area contributed by atoms with Gasteiger partial charge < -0.3 is 10.5 Å². The zero-order valence-electron chi connectivity index (χ0n) is 13.9. The molecule has 0 aliphatic rings. The molecule has 1 atom stereocenters. The second-order valence-corrected chi connectivity index (χ2v) is 5.87. The Morgan fingerprint density at radius 1 is 1.12 bits per heavy atom. The van der Waals surface area contributed by atoms with Crippen molar-refractivity contribution in [3.8, 4) is 0 Å². The van der Waals surface area contributed by atoms with Gasteiger partial charge in [-0.25, -0.2) is 0 Å². The van der Waals surface area contributed by atoms with Gasteiger partial charge in [0.05, 0.1) is 7.11 Å². The van der Waals surface area contributed by atoms with Crippen LogP contribution in [-0.4, -0.2) is 25.2 Å². The first-order chi connectivity index (χ1) is 11.6. The van der Waals surface area contributed by atoms with Crippen molar-refractivity contribution in [2.45, 2.75) is 56.7 Å². The predicted octanol–water partition coefficient (Wildman–Crippen LogP) is 4.55. The Bertz CT molecular complexity index is 543. The SMILES string of the molecule is COC(=O)CCCc1ccc([C@H](N)CCCC(F)(F)C(F)(F)F)cc1. The predicted molar refractivity (Wildman–Crippen MR) is 83.2 cm³/mol. The molecule has 142 valence electrons. The number of methoxy groups -OCH3 is 1. The molecule has 0 saturated heterocycles. The monoisotopic (exact) mass is 367 g/mol. The fourth-order valence-corrected chi connectivity index (χ4v) is 2.32. The lowest BCUT2D eigenvalue weighted by Crippen LogP contribution is -2.36. The van der Waals surface area contributed by atoms with Gasteiger partial charge in [-0.2, -0.15) is 22.0 Å². The molecule has 0 heterocycles. The van der Waals surface area contributed by atoms with Crippen molar-refractivity contribution in [1.29, 1.82) is 0 Å². The van der Waals surface area contributed by atoms with E-state index in [0.29, 0.717) is 24.8 Å². The summed E-state index contributed by atoms with van der Waals surface area (Å²) in [5.74, 6) is -4.97. The lowest BCUT2D eigenvalue weighted by Gasteiger charge is -2.20. The molecule has 0 radical (unpaired) electrons. The van der Waals surface area contributed by atoms with Crippen molar-refractivity contribution in [2.24, 2.45) is 5.73 Å². The molecule has 0 aliphatic carbocycles. The number of benzene rings is 1. The molecule has 0 amide bonds. The number of carbonyl (C=O) groups is 1. The topological polar surface area (TPSA) is 52.3 Å². The molecule has 0 fully saturated rings. The van der Waals surface area contributed by atoms with Crippen molar-refractivity contribution >= 4 is 5.97 Å². The molecule has 1 rings (SSSR count). The highest BCUT2D eigenvalue weighted by molar-refractivity contribution is 5.69. The first-order valence-corrected chi connectivity index (χ1v) is 7.92. The first-order valence-electron chi connectivity index (χ1n) is 7.92. The van der Waals surface area contributed by atoms with E-state index in [4.69, 9.17) is 5.73 Å². The van der Waals surface area contributed by atoms with Gasteiger partial charge in [-0.05, 0) is 36.8 Å². The summed E-state index contributed by atoms with van der Waals surface area (Å²) in [7, 11) is 1.32. The maximum Gasteiger partial charge on any atom is 0.453 e. The van der Waals surface area contributed by atoms with Crippen LogP contribution < -0.4 is 5.73 Å². The van der Waals surface area contributed by atoms with Crippen molar-refractivity contribution in [1.82, 2.24) is 0 Å². The van der Waals surface area contributed by atoms with Gasteiger partial charge >= 0.3 is 18.1 Å². The van der Waals surface area contributed by atoms with Gasteiger partial charge in [-0.15, -0.1) is 0 Å². The van der Waals surface area contributed by atoms with E-state index in [-0.39, 0.29) is 18.8 Å². The molecule has 1 aromatic carbocycles. The minimum absolute atomic E-state index is 0.0351. The lowest BCUT2D eigenvalue weighted by molar-refractivity contribution is -0.284. The molecule has 0 spiro atoms. The quantitative estimate of drug-likeness (QED) is 0.515. The zero-order valence-corrected chi connectivity index (χ0v) is 13.9. The van der Waals surface area contributed by atoms with Crippen LogP contribution in [0.25, 0.3) is 0 Å². The maximum absolute atomic E-state index is 12.8. The average Bonchev–Trinajstić information content (AvgIpc) is 2.54. The molecule has 3 nitrogen and oxygen atoms in total. The number of hydrogen-bond acceptors (Lipinski definition) is 3. The smallest absolute Gasteiger partial charge is 0.453 e. The van der Waals surface area contributed by atoms with Crippen LogP contribution in [0.3, 0.4) is 0 Å². The molecule has 0 unspecified atom stereocenters. The normalized spacial score (nSPS) is 13.6. The summed E-state index contributed by atoms with van der Waals surface area (Å²) in [6, 6.07) is 6.45.